The number of benzene rings is 1. The Balaban J connectivity index is 0. The zero-order valence-electron chi connectivity index (χ0n) is 9.11. The maximum Gasteiger partial charge on any atom is -1.00 e. The molecule has 0 fully saturated rings. The fourth-order valence-electron chi connectivity index (χ4n) is 1.09. The minimum absolute atomic E-state index is 0. The van der Waals surface area contributed by atoms with Crippen molar-refractivity contribution in [3.63, 3.8) is 0 Å². The Kier molecular flexibility index (Phi) is 11.4. The molecule has 2 rings (SSSR count). The van der Waals surface area contributed by atoms with Gasteiger partial charge in [0.05, 0.1) is 0 Å². The summed E-state index contributed by atoms with van der Waals surface area (Å²) in [6.45, 7) is 0. The monoisotopic (exact) mass is 365 g/mol. The van der Waals surface area contributed by atoms with E-state index in [0.29, 0.717) is 5.52 Å². The summed E-state index contributed by atoms with van der Waals surface area (Å²) in [6, 6.07) is 9.13. The summed E-state index contributed by atoms with van der Waals surface area (Å²) in [5.41, 5.74) is 0.662. The molecular formula is C11H13Cl2NOSn-2. The van der Waals surface area contributed by atoms with Crippen molar-refractivity contribution in [1.29, 1.82) is 0 Å². The zero-order valence-corrected chi connectivity index (χ0v) is 13.5. The summed E-state index contributed by atoms with van der Waals surface area (Å²) in [7, 11) is 0. The minimum atomic E-state index is 0. The smallest absolute Gasteiger partial charge is 1.00 e. The van der Waals surface area contributed by atoms with Crippen molar-refractivity contribution >= 4 is 32.0 Å². The number of aromatic nitrogens is 1. The molecule has 0 saturated carbocycles. The van der Waals surface area contributed by atoms with Crippen LogP contribution in [-0.2, 0) is 0 Å². The first-order valence-corrected chi connectivity index (χ1v) is 10.1. The second kappa shape index (κ2) is 9.99. The van der Waals surface area contributed by atoms with Gasteiger partial charge < -0.3 is 29.9 Å². The molecule has 1 N–H and O–H groups in total. The summed E-state index contributed by atoms with van der Waals surface area (Å²) in [6.07, 6.45) is 1.67. The maximum atomic E-state index is 9.31. The SMILES string of the molecule is Oc1cccc2cccnc12.[CH3][Sn][CH3].[Cl-].[Cl-]. The van der Waals surface area contributed by atoms with Crippen LogP contribution in [0.25, 0.3) is 10.9 Å². The van der Waals surface area contributed by atoms with Crippen LogP contribution < -0.4 is 24.8 Å². The van der Waals surface area contributed by atoms with Crippen LogP contribution in [0.5, 0.6) is 5.75 Å². The van der Waals surface area contributed by atoms with Crippen LogP contribution in [0.2, 0.25) is 9.88 Å². The number of phenolic OH excluding ortho intramolecular Hbond substituents is 1. The van der Waals surface area contributed by atoms with Crippen LogP contribution in [0, 0.1) is 0 Å². The molecule has 5 heteroatoms. The molecule has 0 aliphatic heterocycles. The molecule has 2 aromatic rings. The largest absolute Gasteiger partial charge is 1.00 e. The van der Waals surface area contributed by atoms with Gasteiger partial charge in [0.2, 0.25) is 0 Å². The first kappa shape index (κ1) is 18.2. The molecule has 88 valence electrons. The Hall–Kier alpha value is -0.191. The molecule has 0 saturated heterocycles. The summed E-state index contributed by atoms with van der Waals surface area (Å²) in [5, 5.41) is 10.3. The Morgan fingerprint density at radius 1 is 1.06 bits per heavy atom. The third-order valence-corrected chi connectivity index (χ3v) is 1.61. The van der Waals surface area contributed by atoms with E-state index in [9.17, 15) is 5.11 Å². The minimum Gasteiger partial charge on any atom is -1.00 e. The summed E-state index contributed by atoms with van der Waals surface area (Å²) in [4.78, 5) is 8.62. The average Bonchev–Trinajstić information content (AvgIpc) is 2.20. The van der Waals surface area contributed by atoms with Crippen molar-refractivity contribution in [3.8, 4) is 5.75 Å². The average molecular weight is 365 g/mol. The molecule has 0 spiro atoms. The topological polar surface area (TPSA) is 33.1 Å². The maximum absolute atomic E-state index is 9.31. The summed E-state index contributed by atoms with van der Waals surface area (Å²) in [5.74, 6) is 0.239. The molecule has 16 heavy (non-hydrogen) atoms. The van der Waals surface area contributed by atoms with Crippen LogP contribution in [0.15, 0.2) is 36.5 Å². The van der Waals surface area contributed by atoms with E-state index < -0.39 is 0 Å². The van der Waals surface area contributed by atoms with E-state index in [1.165, 1.54) is 0 Å². The molecule has 1 heterocycles. The number of fused-ring (bicyclic) bond motifs is 1. The molecule has 2 radical (unpaired) electrons. The number of pyridine rings is 1. The fraction of sp³-hybridized carbons (Fsp3) is 0.182. The van der Waals surface area contributed by atoms with E-state index in [-0.39, 0.29) is 51.7 Å². The number of nitrogens with zero attached hydrogens (tertiary/aromatic N) is 1. The van der Waals surface area contributed by atoms with E-state index >= 15 is 0 Å². The Morgan fingerprint density at radius 3 is 2.19 bits per heavy atom. The van der Waals surface area contributed by atoms with Crippen LogP contribution in [0.1, 0.15) is 0 Å². The predicted octanol–water partition coefficient (Wildman–Crippen LogP) is -3.26. The van der Waals surface area contributed by atoms with Gasteiger partial charge in [0.1, 0.15) is 11.3 Å². The van der Waals surface area contributed by atoms with Gasteiger partial charge in [-0.05, 0) is 12.1 Å². The van der Waals surface area contributed by atoms with E-state index in [0.717, 1.165) is 5.39 Å². The number of rotatable bonds is 0. The molecule has 1 aromatic heterocycles. The molecule has 0 atom stereocenters. The number of hydrogen-bond acceptors (Lipinski definition) is 2. The Labute approximate surface area is 119 Å². The second-order valence-corrected chi connectivity index (χ2v) is 5.71. The zero-order chi connectivity index (χ0) is 10.4. The standard InChI is InChI=1S/C9H7NO.2CH3.2ClH.Sn/c11-8-5-1-3-7-4-2-6-10-9(7)8;;;;;/h1-6,11H;2*1H3;2*1H;/p-2. The molecule has 0 amide bonds. The van der Waals surface area contributed by atoms with Gasteiger partial charge >= 0.3 is 31.0 Å². The van der Waals surface area contributed by atoms with Gasteiger partial charge in [0, 0.05) is 11.6 Å². The number of aromatic hydroxyl groups is 1. The van der Waals surface area contributed by atoms with Crippen LogP contribution in [0.4, 0.5) is 0 Å². The van der Waals surface area contributed by atoms with E-state index in [2.05, 4.69) is 14.9 Å². The van der Waals surface area contributed by atoms with E-state index in [1.807, 2.05) is 18.2 Å². The van der Waals surface area contributed by atoms with Crippen molar-refractivity contribution in [2.75, 3.05) is 0 Å². The van der Waals surface area contributed by atoms with Crippen LogP contribution in [-0.4, -0.2) is 31.2 Å². The quantitative estimate of drug-likeness (QED) is 0.498. The van der Waals surface area contributed by atoms with Crippen molar-refractivity contribution < 1.29 is 29.9 Å². The Morgan fingerprint density at radius 2 is 1.62 bits per heavy atom. The van der Waals surface area contributed by atoms with Gasteiger partial charge in [-0.2, -0.15) is 0 Å². The first-order chi connectivity index (χ1) is 6.79. The van der Waals surface area contributed by atoms with E-state index in [4.69, 9.17) is 0 Å². The summed E-state index contributed by atoms with van der Waals surface area (Å²) < 4.78 is 0. The molecular weight excluding hydrogens is 352 g/mol. The normalized spacial score (nSPS) is 8.12. The molecule has 0 unspecified atom stereocenters. The molecule has 2 nitrogen and oxygen atoms in total. The van der Waals surface area contributed by atoms with Gasteiger partial charge in [0.25, 0.3) is 0 Å². The van der Waals surface area contributed by atoms with Gasteiger partial charge in [0.15, 0.2) is 0 Å². The summed E-state index contributed by atoms with van der Waals surface area (Å²) >= 11 is 0.230. The number of hydrogen-bond donors (Lipinski definition) is 1. The number of halogens is 2. The van der Waals surface area contributed by atoms with Gasteiger partial charge in [-0.1, -0.05) is 18.2 Å². The molecule has 0 aliphatic rings. The third kappa shape index (κ3) is 5.23. The van der Waals surface area contributed by atoms with Crippen LogP contribution in [0.3, 0.4) is 0 Å². The van der Waals surface area contributed by atoms with Crippen molar-refractivity contribution in [1.82, 2.24) is 4.98 Å². The Bertz CT molecular complexity index is 407. The number of para-hydroxylation sites is 1. The predicted molar refractivity (Wildman–Crippen MR) is 60.9 cm³/mol. The van der Waals surface area contributed by atoms with Gasteiger partial charge in [-0.3, -0.25) is 4.98 Å². The molecule has 0 bridgehead atoms. The second-order valence-electron chi connectivity index (χ2n) is 2.85. The fourth-order valence-corrected chi connectivity index (χ4v) is 1.09. The van der Waals surface area contributed by atoms with Gasteiger partial charge in [-0.25, -0.2) is 0 Å². The molecule has 1 aromatic carbocycles. The van der Waals surface area contributed by atoms with Crippen molar-refractivity contribution in [3.05, 3.63) is 36.5 Å². The van der Waals surface area contributed by atoms with Crippen molar-refractivity contribution in [2.45, 2.75) is 9.88 Å². The van der Waals surface area contributed by atoms with Crippen molar-refractivity contribution in [2.24, 2.45) is 0 Å². The number of phenols is 1. The first-order valence-electron chi connectivity index (χ1n) is 4.40. The third-order valence-electron chi connectivity index (χ3n) is 1.61. The van der Waals surface area contributed by atoms with Gasteiger partial charge in [-0.15, -0.1) is 0 Å². The molecule has 0 aliphatic carbocycles. The van der Waals surface area contributed by atoms with E-state index in [1.54, 1.807) is 18.3 Å². The van der Waals surface area contributed by atoms with Crippen LogP contribution >= 0.6 is 0 Å².